The van der Waals surface area contributed by atoms with Gasteiger partial charge in [0.15, 0.2) is 0 Å². The van der Waals surface area contributed by atoms with Crippen LogP contribution < -0.4 is 10.6 Å². The average molecular weight is 273 g/mol. The van der Waals surface area contributed by atoms with E-state index >= 15 is 0 Å². The molecule has 2 heterocycles. The first-order valence-electron chi connectivity index (χ1n) is 6.07. The highest BCUT2D eigenvalue weighted by atomic mass is 16.6. The minimum atomic E-state index is -0.439. The van der Waals surface area contributed by atoms with Crippen LogP contribution in [-0.2, 0) is 6.54 Å². The summed E-state index contributed by atoms with van der Waals surface area (Å²) in [6, 6.07) is 4.71. The largest absolute Gasteiger partial charge is 0.373 e. The number of aromatic nitrogens is 2. The summed E-state index contributed by atoms with van der Waals surface area (Å²) in [5.74, 6) is 0.910. The maximum Gasteiger partial charge on any atom is 0.276 e. The molecule has 0 aliphatic heterocycles. The molecule has 2 aromatic heterocycles. The highest BCUT2D eigenvalue weighted by Gasteiger charge is 2.10. The van der Waals surface area contributed by atoms with Gasteiger partial charge < -0.3 is 10.6 Å². The highest BCUT2D eigenvalue weighted by Crippen LogP contribution is 2.21. The van der Waals surface area contributed by atoms with Crippen LogP contribution in [-0.4, -0.2) is 21.9 Å². The molecule has 0 fully saturated rings. The summed E-state index contributed by atoms with van der Waals surface area (Å²) in [5.41, 5.74) is 2.12. The van der Waals surface area contributed by atoms with Crippen molar-refractivity contribution < 1.29 is 4.92 Å². The molecule has 0 radical (unpaired) electrons. The van der Waals surface area contributed by atoms with Crippen molar-refractivity contribution in [1.29, 1.82) is 0 Å². The second-order valence-corrected chi connectivity index (χ2v) is 4.26. The van der Waals surface area contributed by atoms with Crippen LogP contribution in [0.3, 0.4) is 0 Å². The Morgan fingerprint density at radius 1 is 1.35 bits per heavy atom. The van der Waals surface area contributed by atoms with Gasteiger partial charge in [-0.1, -0.05) is 0 Å². The summed E-state index contributed by atoms with van der Waals surface area (Å²) in [4.78, 5) is 18.7. The molecule has 0 aliphatic carbocycles. The number of anilines is 2. The van der Waals surface area contributed by atoms with Crippen LogP contribution >= 0.6 is 0 Å². The SMILES string of the molecule is CNc1cc([N+](=O)[O-])cc(NCc2ccncc2C)n1. The molecule has 0 atom stereocenters. The number of hydrogen-bond donors (Lipinski definition) is 2. The Bertz CT molecular complexity index is 630. The van der Waals surface area contributed by atoms with E-state index in [-0.39, 0.29) is 5.69 Å². The van der Waals surface area contributed by atoms with Crippen molar-refractivity contribution in [3.63, 3.8) is 0 Å². The molecule has 0 saturated carbocycles. The van der Waals surface area contributed by atoms with Gasteiger partial charge in [-0.15, -0.1) is 0 Å². The molecule has 104 valence electrons. The van der Waals surface area contributed by atoms with Crippen molar-refractivity contribution in [2.24, 2.45) is 0 Å². The Balaban J connectivity index is 2.19. The van der Waals surface area contributed by atoms with Crippen molar-refractivity contribution in [3.05, 3.63) is 51.8 Å². The summed E-state index contributed by atoms with van der Waals surface area (Å²) >= 11 is 0. The van der Waals surface area contributed by atoms with Crippen LogP contribution in [0, 0.1) is 17.0 Å². The van der Waals surface area contributed by atoms with Gasteiger partial charge in [0, 0.05) is 26.0 Å². The summed E-state index contributed by atoms with van der Waals surface area (Å²) in [5, 5.41) is 16.8. The molecule has 20 heavy (non-hydrogen) atoms. The zero-order valence-electron chi connectivity index (χ0n) is 11.3. The first-order valence-corrected chi connectivity index (χ1v) is 6.07. The van der Waals surface area contributed by atoms with E-state index in [1.807, 2.05) is 13.0 Å². The molecule has 2 N–H and O–H groups in total. The van der Waals surface area contributed by atoms with Crippen LogP contribution in [0.15, 0.2) is 30.6 Å². The van der Waals surface area contributed by atoms with Crippen molar-refractivity contribution in [2.45, 2.75) is 13.5 Å². The number of pyridine rings is 2. The van der Waals surface area contributed by atoms with Crippen LogP contribution in [0.1, 0.15) is 11.1 Å². The molecule has 0 spiro atoms. The van der Waals surface area contributed by atoms with E-state index in [0.717, 1.165) is 11.1 Å². The van der Waals surface area contributed by atoms with Gasteiger partial charge in [-0.2, -0.15) is 0 Å². The summed E-state index contributed by atoms with van der Waals surface area (Å²) in [7, 11) is 1.67. The zero-order valence-corrected chi connectivity index (χ0v) is 11.3. The lowest BCUT2D eigenvalue weighted by atomic mass is 10.1. The Morgan fingerprint density at radius 3 is 2.75 bits per heavy atom. The molecule has 0 amide bonds. The fraction of sp³-hybridized carbons (Fsp3) is 0.231. The lowest BCUT2D eigenvalue weighted by Crippen LogP contribution is -2.05. The highest BCUT2D eigenvalue weighted by molar-refractivity contribution is 5.54. The monoisotopic (exact) mass is 273 g/mol. The third-order valence-corrected chi connectivity index (χ3v) is 2.87. The van der Waals surface area contributed by atoms with E-state index in [9.17, 15) is 10.1 Å². The van der Waals surface area contributed by atoms with Gasteiger partial charge in [-0.3, -0.25) is 15.1 Å². The normalized spacial score (nSPS) is 10.1. The second-order valence-electron chi connectivity index (χ2n) is 4.26. The fourth-order valence-electron chi connectivity index (χ4n) is 1.73. The molecule has 0 bridgehead atoms. The number of aryl methyl sites for hydroxylation is 1. The molecular formula is C13H15N5O2. The van der Waals surface area contributed by atoms with Gasteiger partial charge in [0.25, 0.3) is 5.69 Å². The number of nitrogens with one attached hydrogen (secondary N) is 2. The van der Waals surface area contributed by atoms with E-state index in [2.05, 4.69) is 20.6 Å². The van der Waals surface area contributed by atoms with Gasteiger partial charge in [0.05, 0.1) is 17.1 Å². The summed E-state index contributed by atoms with van der Waals surface area (Å²) in [6.45, 7) is 2.50. The van der Waals surface area contributed by atoms with E-state index < -0.39 is 4.92 Å². The predicted molar refractivity (Wildman–Crippen MR) is 76.7 cm³/mol. The molecule has 0 unspecified atom stereocenters. The molecule has 7 heteroatoms. The Hall–Kier alpha value is -2.70. The summed E-state index contributed by atoms with van der Waals surface area (Å²) < 4.78 is 0. The third kappa shape index (κ3) is 3.19. The molecule has 0 aliphatic rings. The van der Waals surface area contributed by atoms with Crippen LogP contribution in [0.2, 0.25) is 0 Å². The first kappa shape index (κ1) is 13.7. The van der Waals surface area contributed by atoms with Crippen LogP contribution in [0.5, 0.6) is 0 Å². The van der Waals surface area contributed by atoms with E-state index in [4.69, 9.17) is 0 Å². The van der Waals surface area contributed by atoms with Crippen LogP contribution in [0.4, 0.5) is 17.3 Å². The van der Waals surface area contributed by atoms with Crippen LogP contribution in [0.25, 0.3) is 0 Å². The maximum absolute atomic E-state index is 10.9. The molecule has 2 aromatic rings. The predicted octanol–water partition coefficient (Wildman–Crippen LogP) is 2.35. The smallest absolute Gasteiger partial charge is 0.276 e. The number of nitro groups is 1. The number of hydrogen-bond acceptors (Lipinski definition) is 6. The Morgan fingerprint density at radius 2 is 2.10 bits per heavy atom. The van der Waals surface area contributed by atoms with E-state index in [0.29, 0.717) is 18.2 Å². The minimum Gasteiger partial charge on any atom is -0.373 e. The standard InChI is InChI=1S/C13H15N5O2/c1-9-7-15-4-3-10(9)8-16-13-6-11(18(19)20)5-12(14-2)17-13/h3-7H,8H2,1-2H3,(H2,14,16,17). The van der Waals surface area contributed by atoms with Crippen molar-refractivity contribution in [3.8, 4) is 0 Å². The first-order chi connectivity index (χ1) is 9.60. The molecule has 7 nitrogen and oxygen atoms in total. The van der Waals surface area contributed by atoms with Gasteiger partial charge >= 0.3 is 0 Å². The lowest BCUT2D eigenvalue weighted by Gasteiger charge is -2.09. The quantitative estimate of drug-likeness (QED) is 0.641. The molecule has 0 saturated heterocycles. The van der Waals surface area contributed by atoms with E-state index in [1.165, 1.54) is 12.1 Å². The molecule has 2 rings (SSSR count). The third-order valence-electron chi connectivity index (χ3n) is 2.87. The molecule has 0 aromatic carbocycles. The van der Waals surface area contributed by atoms with Gasteiger partial charge in [-0.25, -0.2) is 4.98 Å². The van der Waals surface area contributed by atoms with Gasteiger partial charge in [0.1, 0.15) is 11.6 Å². The summed E-state index contributed by atoms with van der Waals surface area (Å²) in [6.07, 6.45) is 3.49. The van der Waals surface area contributed by atoms with E-state index in [1.54, 1.807) is 19.4 Å². The average Bonchev–Trinajstić information content (AvgIpc) is 2.46. The fourth-order valence-corrected chi connectivity index (χ4v) is 1.73. The minimum absolute atomic E-state index is 0.00157. The topological polar surface area (TPSA) is 93.0 Å². The Kier molecular flexibility index (Phi) is 4.09. The number of rotatable bonds is 5. The second kappa shape index (κ2) is 5.96. The zero-order chi connectivity index (χ0) is 14.5. The van der Waals surface area contributed by atoms with Crippen molar-refractivity contribution >= 4 is 17.3 Å². The van der Waals surface area contributed by atoms with Gasteiger partial charge in [-0.05, 0) is 24.1 Å². The Labute approximate surface area is 116 Å². The lowest BCUT2D eigenvalue weighted by molar-refractivity contribution is -0.384. The maximum atomic E-state index is 10.9. The van der Waals surface area contributed by atoms with Crippen molar-refractivity contribution in [1.82, 2.24) is 9.97 Å². The molecular weight excluding hydrogens is 258 g/mol. The number of nitrogens with zero attached hydrogens (tertiary/aromatic N) is 3. The van der Waals surface area contributed by atoms with Gasteiger partial charge in [0.2, 0.25) is 0 Å². The van der Waals surface area contributed by atoms with Crippen molar-refractivity contribution in [2.75, 3.05) is 17.7 Å².